The summed E-state index contributed by atoms with van der Waals surface area (Å²) < 4.78 is 11.8. The minimum Gasteiger partial charge on any atom is -0.465 e. The van der Waals surface area contributed by atoms with Gasteiger partial charge in [0.25, 0.3) is 0 Å². The monoisotopic (exact) mass is 425 g/mol. The molecule has 0 N–H and O–H groups in total. The van der Waals surface area contributed by atoms with Gasteiger partial charge in [-0.3, -0.25) is 9.69 Å². The Hall–Kier alpha value is -2.17. The van der Waals surface area contributed by atoms with Crippen LogP contribution in [0.2, 0.25) is 0 Å². The molecule has 0 aliphatic rings. The normalized spacial score (nSPS) is 12.9. The highest BCUT2D eigenvalue weighted by Crippen LogP contribution is 2.39. The second-order valence-corrected chi connectivity index (χ2v) is 8.37. The molecule has 2 aromatic carbocycles. The second-order valence-electron chi connectivity index (χ2n) is 8.37. The first-order chi connectivity index (χ1) is 15.0. The molecule has 31 heavy (non-hydrogen) atoms. The molecule has 0 amide bonds. The second kappa shape index (κ2) is 12.6. The lowest BCUT2D eigenvalue weighted by Gasteiger charge is -2.39. The summed E-state index contributed by atoms with van der Waals surface area (Å²) in [5.41, 5.74) is 1.02. The van der Waals surface area contributed by atoms with Gasteiger partial charge in [-0.1, -0.05) is 88.4 Å². The zero-order valence-corrected chi connectivity index (χ0v) is 19.8. The van der Waals surface area contributed by atoms with E-state index in [1.807, 2.05) is 67.6 Å². The van der Waals surface area contributed by atoms with Crippen molar-refractivity contribution in [3.05, 3.63) is 71.8 Å². The molecule has 1 unspecified atom stereocenters. The molecule has 0 radical (unpaired) electrons. The lowest BCUT2D eigenvalue weighted by atomic mass is 9.70. The largest absolute Gasteiger partial charge is 0.465 e. The van der Waals surface area contributed by atoms with E-state index in [0.29, 0.717) is 32.2 Å². The zero-order valence-electron chi connectivity index (χ0n) is 19.8. The minimum absolute atomic E-state index is 0.0820. The topological polar surface area (TPSA) is 38.8 Å². The van der Waals surface area contributed by atoms with Crippen molar-refractivity contribution in [2.75, 3.05) is 32.9 Å². The van der Waals surface area contributed by atoms with Crippen LogP contribution in [0.1, 0.15) is 52.2 Å². The Balaban J connectivity index is 2.59. The van der Waals surface area contributed by atoms with Gasteiger partial charge in [0.2, 0.25) is 0 Å². The van der Waals surface area contributed by atoms with Gasteiger partial charge >= 0.3 is 5.97 Å². The Morgan fingerprint density at radius 2 is 1.39 bits per heavy atom. The standard InChI is InChI=1S/C27H39NO3/c1-6-28(7-2)25(21-30-20-22(4)5)19-27(26(29)31-8-3,23-15-11-9-12-16-23)24-17-13-10-14-18-24/h9-18,22,25H,6-8,19-21H2,1-5H3. The highest BCUT2D eigenvalue weighted by atomic mass is 16.5. The number of hydrogen-bond donors (Lipinski definition) is 0. The van der Waals surface area contributed by atoms with Gasteiger partial charge in [-0.2, -0.15) is 0 Å². The first-order valence-electron chi connectivity index (χ1n) is 11.6. The minimum atomic E-state index is -0.896. The van der Waals surface area contributed by atoms with Crippen molar-refractivity contribution < 1.29 is 14.3 Å². The molecule has 0 spiro atoms. The molecule has 0 saturated carbocycles. The van der Waals surface area contributed by atoms with Crippen LogP contribution in [0.4, 0.5) is 0 Å². The summed E-state index contributed by atoms with van der Waals surface area (Å²) >= 11 is 0. The number of likely N-dealkylation sites (N-methyl/N-ethyl adjacent to an activating group) is 1. The highest BCUT2D eigenvalue weighted by Gasteiger charge is 2.46. The van der Waals surface area contributed by atoms with Crippen LogP contribution < -0.4 is 0 Å². The average molecular weight is 426 g/mol. The van der Waals surface area contributed by atoms with Crippen molar-refractivity contribution in [1.29, 1.82) is 0 Å². The summed E-state index contributed by atoms with van der Waals surface area (Å²) in [5, 5.41) is 0. The van der Waals surface area contributed by atoms with E-state index < -0.39 is 5.41 Å². The van der Waals surface area contributed by atoms with E-state index in [4.69, 9.17) is 9.47 Å². The van der Waals surface area contributed by atoms with Gasteiger partial charge in [-0.15, -0.1) is 0 Å². The molecule has 1 atom stereocenters. The van der Waals surface area contributed by atoms with Gasteiger partial charge in [-0.25, -0.2) is 0 Å². The fourth-order valence-corrected chi connectivity index (χ4v) is 4.25. The highest BCUT2D eigenvalue weighted by molar-refractivity contribution is 5.87. The molecule has 2 rings (SSSR count). The average Bonchev–Trinajstić information content (AvgIpc) is 2.79. The summed E-state index contributed by atoms with van der Waals surface area (Å²) in [6, 6.07) is 20.2. The van der Waals surface area contributed by atoms with Crippen molar-refractivity contribution in [3.63, 3.8) is 0 Å². The molecular formula is C27H39NO3. The Morgan fingerprint density at radius 1 is 0.871 bits per heavy atom. The van der Waals surface area contributed by atoms with E-state index in [1.165, 1.54) is 0 Å². The Labute approximate surface area is 188 Å². The lowest BCUT2D eigenvalue weighted by molar-refractivity contribution is -0.149. The molecule has 0 aromatic heterocycles. The van der Waals surface area contributed by atoms with E-state index in [-0.39, 0.29) is 12.0 Å². The fourth-order valence-electron chi connectivity index (χ4n) is 4.25. The zero-order chi connectivity index (χ0) is 22.7. The Kier molecular flexibility index (Phi) is 10.2. The molecule has 0 heterocycles. The van der Waals surface area contributed by atoms with Crippen LogP contribution in [0.15, 0.2) is 60.7 Å². The van der Waals surface area contributed by atoms with Crippen LogP contribution in [-0.4, -0.2) is 49.8 Å². The first kappa shape index (κ1) is 25.1. The van der Waals surface area contributed by atoms with Crippen molar-refractivity contribution >= 4 is 5.97 Å². The maximum atomic E-state index is 13.7. The molecule has 4 heteroatoms. The maximum Gasteiger partial charge on any atom is 0.321 e. The maximum absolute atomic E-state index is 13.7. The van der Waals surface area contributed by atoms with E-state index in [9.17, 15) is 4.79 Å². The number of hydrogen-bond acceptors (Lipinski definition) is 4. The number of carbonyl (C=O) groups is 1. The lowest BCUT2D eigenvalue weighted by Crippen LogP contribution is -2.48. The predicted molar refractivity (Wildman–Crippen MR) is 127 cm³/mol. The molecule has 2 aromatic rings. The molecule has 0 fully saturated rings. The van der Waals surface area contributed by atoms with Crippen LogP contribution >= 0.6 is 0 Å². The molecule has 0 aliphatic carbocycles. The summed E-state index contributed by atoms with van der Waals surface area (Å²) in [7, 11) is 0. The number of esters is 1. The fraction of sp³-hybridized carbons (Fsp3) is 0.519. The third-order valence-electron chi connectivity index (χ3n) is 5.79. The molecule has 0 saturated heterocycles. The van der Waals surface area contributed by atoms with Crippen molar-refractivity contribution in [2.24, 2.45) is 5.92 Å². The number of benzene rings is 2. The molecule has 0 bridgehead atoms. The molecular weight excluding hydrogens is 386 g/mol. The van der Waals surface area contributed by atoms with Gasteiger partial charge in [-0.05, 0) is 43.5 Å². The molecule has 0 aliphatic heterocycles. The number of ether oxygens (including phenoxy) is 2. The predicted octanol–water partition coefficient (Wildman–Crippen LogP) is 5.31. The van der Waals surface area contributed by atoms with Crippen LogP contribution in [0.25, 0.3) is 0 Å². The van der Waals surface area contributed by atoms with E-state index in [1.54, 1.807) is 0 Å². The molecule has 170 valence electrons. The summed E-state index contributed by atoms with van der Waals surface area (Å²) in [6.45, 7) is 13.9. The van der Waals surface area contributed by atoms with Gasteiger partial charge in [0.15, 0.2) is 0 Å². The third kappa shape index (κ3) is 6.41. The number of rotatable bonds is 13. The number of nitrogens with zero attached hydrogens (tertiary/aromatic N) is 1. The Morgan fingerprint density at radius 3 is 1.81 bits per heavy atom. The quantitative estimate of drug-likeness (QED) is 0.408. The smallest absolute Gasteiger partial charge is 0.321 e. The first-order valence-corrected chi connectivity index (χ1v) is 11.6. The Bertz CT molecular complexity index is 717. The van der Waals surface area contributed by atoms with Gasteiger partial charge < -0.3 is 9.47 Å². The number of carbonyl (C=O) groups excluding carboxylic acids is 1. The van der Waals surface area contributed by atoms with E-state index in [0.717, 1.165) is 24.2 Å². The van der Waals surface area contributed by atoms with Crippen LogP contribution in [0, 0.1) is 5.92 Å². The van der Waals surface area contributed by atoms with Crippen molar-refractivity contribution in [3.8, 4) is 0 Å². The van der Waals surface area contributed by atoms with Gasteiger partial charge in [0.05, 0.1) is 13.2 Å². The summed E-state index contributed by atoms with van der Waals surface area (Å²) in [4.78, 5) is 16.1. The van der Waals surface area contributed by atoms with Crippen molar-refractivity contribution in [2.45, 2.75) is 52.5 Å². The summed E-state index contributed by atoms with van der Waals surface area (Å²) in [6.07, 6.45) is 0.597. The van der Waals surface area contributed by atoms with E-state index >= 15 is 0 Å². The van der Waals surface area contributed by atoms with E-state index in [2.05, 4.69) is 32.6 Å². The van der Waals surface area contributed by atoms with Crippen molar-refractivity contribution in [1.82, 2.24) is 4.90 Å². The third-order valence-corrected chi connectivity index (χ3v) is 5.79. The van der Waals surface area contributed by atoms with Gasteiger partial charge in [0.1, 0.15) is 5.41 Å². The van der Waals surface area contributed by atoms with Crippen LogP contribution in [-0.2, 0) is 19.7 Å². The summed E-state index contributed by atoms with van der Waals surface area (Å²) in [5.74, 6) is 0.267. The van der Waals surface area contributed by atoms with Crippen LogP contribution in [0.3, 0.4) is 0 Å². The van der Waals surface area contributed by atoms with Gasteiger partial charge in [0, 0.05) is 12.6 Å². The SMILES string of the molecule is CCOC(=O)C(CC(COCC(C)C)N(CC)CC)(c1ccccc1)c1ccccc1. The van der Waals surface area contributed by atoms with Crippen LogP contribution in [0.5, 0.6) is 0 Å². The molecule has 4 nitrogen and oxygen atoms in total.